The van der Waals surface area contributed by atoms with Gasteiger partial charge in [-0.25, -0.2) is 0 Å². The van der Waals surface area contributed by atoms with E-state index in [9.17, 15) is 42.1 Å². The van der Waals surface area contributed by atoms with Gasteiger partial charge in [0.1, 0.15) is 0 Å². The lowest BCUT2D eigenvalue weighted by molar-refractivity contribution is -0.142. The van der Waals surface area contributed by atoms with Gasteiger partial charge in [0.25, 0.3) is 0 Å². The number of hydrogen-bond donors (Lipinski definition) is 0. The van der Waals surface area contributed by atoms with Gasteiger partial charge in [-0.1, -0.05) is 42.5 Å². The molecule has 0 radical (unpaired) electrons. The van der Waals surface area contributed by atoms with Crippen LogP contribution in [-0.4, -0.2) is 9.13 Å². The van der Waals surface area contributed by atoms with Crippen molar-refractivity contribution in [2.45, 2.75) is 12.4 Å². The zero-order valence-electron chi connectivity index (χ0n) is 26.5. The molecule has 0 saturated carbocycles. The predicted molar refractivity (Wildman–Crippen MR) is 185 cm³/mol. The zero-order valence-corrected chi connectivity index (χ0v) is 26.5. The second-order valence-corrected chi connectivity index (χ2v) is 12.1. The normalized spacial score (nSPS) is 12.0. The Kier molecular flexibility index (Phi) is 7.13. The van der Waals surface area contributed by atoms with E-state index in [0.29, 0.717) is 61.4 Å². The summed E-state index contributed by atoms with van der Waals surface area (Å²) in [6, 6.07) is 35.3. The summed E-state index contributed by atoms with van der Waals surface area (Å²) in [4.78, 5) is 0. The second kappa shape index (κ2) is 11.5. The number of fused-ring (bicyclic) bond motifs is 6. The minimum atomic E-state index is -5.20. The van der Waals surface area contributed by atoms with E-state index in [0.717, 1.165) is 16.8 Å². The summed E-state index contributed by atoms with van der Waals surface area (Å²) in [6.07, 6.45) is -10.2. The van der Waals surface area contributed by atoms with Crippen LogP contribution in [0.3, 0.4) is 0 Å². The van der Waals surface area contributed by atoms with Gasteiger partial charge >= 0.3 is 12.4 Å². The molecule has 0 spiro atoms. The van der Waals surface area contributed by atoms with Gasteiger partial charge in [-0.05, 0) is 78.4 Å². The smallest absolute Gasteiger partial charge is 0.307 e. The molecule has 0 N–H and O–H groups in total. The van der Waals surface area contributed by atoms with Gasteiger partial charge < -0.3 is 9.13 Å². The van der Waals surface area contributed by atoms with Gasteiger partial charge in [-0.2, -0.15) is 42.1 Å². The molecular formula is C41H19F6N5. The molecule has 2 heterocycles. The molecule has 52 heavy (non-hydrogen) atoms. The van der Waals surface area contributed by atoms with Crippen molar-refractivity contribution in [2.24, 2.45) is 0 Å². The molecule has 0 aliphatic heterocycles. The number of nitrogens with zero attached hydrogens (tertiary/aromatic N) is 5. The van der Waals surface area contributed by atoms with Gasteiger partial charge in [0.15, 0.2) is 0 Å². The van der Waals surface area contributed by atoms with E-state index in [1.54, 1.807) is 42.5 Å². The molecule has 8 aromatic rings. The Morgan fingerprint density at radius 3 is 1.42 bits per heavy atom. The van der Waals surface area contributed by atoms with Crippen LogP contribution in [0, 0.1) is 34.0 Å². The highest BCUT2D eigenvalue weighted by Gasteiger charge is 2.39. The fourth-order valence-corrected chi connectivity index (χ4v) is 7.04. The number of para-hydroxylation sites is 2. The zero-order chi connectivity index (χ0) is 36.5. The number of alkyl halides is 6. The Morgan fingerprint density at radius 1 is 0.442 bits per heavy atom. The fourth-order valence-electron chi connectivity index (χ4n) is 7.04. The minimum Gasteiger partial charge on any atom is -0.307 e. The molecular weight excluding hydrogens is 676 g/mol. The largest absolute Gasteiger partial charge is 0.417 e. The molecule has 2 aromatic heterocycles. The molecule has 0 fully saturated rings. The lowest BCUT2D eigenvalue weighted by atomic mass is 9.92. The third-order valence-electron chi connectivity index (χ3n) is 9.26. The van der Waals surface area contributed by atoms with E-state index in [1.807, 2.05) is 57.7 Å². The first-order valence-electron chi connectivity index (χ1n) is 15.7. The van der Waals surface area contributed by atoms with E-state index in [4.69, 9.17) is 0 Å². The number of rotatable bonds is 3. The van der Waals surface area contributed by atoms with Gasteiger partial charge in [-0.3, -0.25) is 0 Å². The molecule has 11 heteroatoms. The van der Waals surface area contributed by atoms with Crippen LogP contribution < -0.4 is 0 Å². The summed E-state index contributed by atoms with van der Waals surface area (Å²) in [5, 5.41) is 32.8. The van der Waals surface area contributed by atoms with Crippen molar-refractivity contribution in [3.8, 4) is 40.7 Å². The van der Waals surface area contributed by atoms with E-state index >= 15 is 0 Å². The number of benzene rings is 6. The highest BCUT2D eigenvalue weighted by Crippen LogP contribution is 2.45. The first-order valence-corrected chi connectivity index (χ1v) is 15.7. The van der Waals surface area contributed by atoms with Crippen molar-refractivity contribution in [2.75, 3.05) is 0 Å². The number of nitriles is 3. The van der Waals surface area contributed by atoms with E-state index < -0.39 is 29.0 Å². The number of aromatic nitrogens is 2. The van der Waals surface area contributed by atoms with Crippen molar-refractivity contribution in [3.05, 3.63) is 143 Å². The first kappa shape index (κ1) is 32.2. The Bertz CT molecular complexity index is 2930. The van der Waals surface area contributed by atoms with Crippen LogP contribution in [-0.2, 0) is 12.4 Å². The van der Waals surface area contributed by atoms with E-state index in [2.05, 4.69) is 12.1 Å². The number of hydrogen-bond acceptors (Lipinski definition) is 3. The summed E-state index contributed by atoms with van der Waals surface area (Å²) < 4.78 is 88.5. The van der Waals surface area contributed by atoms with Crippen LogP contribution in [0.4, 0.5) is 26.3 Å². The molecule has 0 amide bonds. The molecule has 250 valence electrons. The lowest BCUT2D eigenvalue weighted by Crippen LogP contribution is -2.13. The van der Waals surface area contributed by atoms with Crippen molar-refractivity contribution in [1.29, 1.82) is 15.8 Å². The molecule has 0 aliphatic carbocycles. The van der Waals surface area contributed by atoms with Gasteiger partial charge in [0.05, 0.1) is 79.5 Å². The van der Waals surface area contributed by atoms with Crippen LogP contribution >= 0.6 is 0 Å². The minimum absolute atomic E-state index is 0.0632. The summed E-state index contributed by atoms with van der Waals surface area (Å²) in [6.45, 7) is 0. The van der Waals surface area contributed by atoms with E-state index in [1.165, 1.54) is 12.1 Å². The SMILES string of the molecule is N#Cc1ccc2c(c1)c1ccccc1n2-c1cc(C#N)c(-c2ccc(C(F)(F)F)cc2C(F)(F)F)cc1-n1c2ccccc2c2cc(C#N)ccc21. The monoisotopic (exact) mass is 695 g/mol. The Morgan fingerprint density at radius 2 is 0.942 bits per heavy atom. The summed E-state index contributed by atoms with van der Waals surface area (Å²) in [5.41, 5.74) is -0.0607. The maximum Gasteiger partial charge on any atom is 0.417 e. The first-order chi connectivity index (χ1) is 24.9. The van der Waals surface area contributed by atoms with E-state index in [-0.39, 0.29) is 17.2 Å². The average molecular weight is 696 g/mol. The Hall–Kier alpha value is -7.03. The van der Waals surface area contributed by atoms with Crippen molar-refractivity contribution >= 4 is 43.6 Å². The lowest BCUT2D eigenvalue weighted by Gasteiger charge is -2.21. The second-order valence-electron chi connectivity index (χ2n) is 12.1. The van der Waals surface area contributed by atoms with Crippen LogP contribution in [0.2, 0.25) is 0 Å². The van der Waals surface area contributed by atoms with Crippen molar-refractivity contribution < 1.29 is 26.3 Å². The highest BCUT2D eigenvalue weighted by molar-refractivity contribution is 6.12. The molecule has 0 bridgehead atoms. The third-order valence-corrected chi connectivity index (χ3v) is 9.26. The van der Waals surface area contributed by atoms with Gasteiger partial charge in [-0.15, -0.1) is 0 Å². The molecule has 0 saturated heterocycles. The van der Waals surface area contributed by atoms with Gasteiger partial charge in [0.2, 0.25) is 0 Å². The average Bonchev–Trinajstić information content (AvgIpc) is 3.65. The molecule has 0 atom stereocenters. The summed E-state index contributed by atoms with van der Waals surface area (Å²) in [7, 11) is 0. The molecule has 0 aliphatic rings. The van der Waals surface area contributed by atoms with Gasteiger partial charge in [0, 0.05) is 27.1 Å². The molecule has 8 rings (SSSR count). The van der Waals surface area contributed by atoms with Crippen LogP contribution in [0.15, 0.2) is 115 Å². The maximum absolute atomic E-state index is 14.6. The van der Waals surface area contributed by atoms with Crippen LogP contribution in [0.1, 0.15) is 27.8 Å². The molecule has 6 aromatic carbocycles. The fraction of sp³-hybridized carbons (Fsp3) is 0.0488. The predicted octanol–water partition coefficient (Wildman–Crippen LogP) is 11.2. The molecule has 0 unspecified atom stereocenters. The highest BCUT2D eigenvalue weighted by atomic mass is 19.4. The van der Waals surface area contributed by atoms with Crippen LogP contribution in [0.25, 0.3) is 66.1 Å². The standard InChI is InChI=1S/C41H19F6N5/c42-40(43,44)26-11-12-27(33(18-26)41(45,46)47)30-19-39(52-35-8-4-2-6-29(35)32-16-24(21-49)10-14-37(32)52)38(17-25(30)22-50)51-34-7-3-1-5-28(34)31-15-23(20-48)9-13-36(31)51/h1-19H. The summed E-state index contributed by atoms with van der Waals surface area (Å²) in [5.74, 6) is 0. The quantitative estimate of drug-likeness (QED) is 0.173. The van der Waals surface area contributed by atoms with Crippen molar-refractivity contribution in [1.82, 2.24) is 9.13 Å². The number of halogens is 6. The summed E-state index contributed by atoms with van der Waals surface area (Å²) >= 11 is 0. The molecule has 5 nitrogen and oxygen atoms in total. The maximum atomic E-state index is 14.6. The third kappa shape index (κ3) is 4.93. The van der Waals surface area contributed by atoms with Crippen molar-refractivity contribution in [3.63, 3.8) is 0 Å². The Labute approximate surface area is 290 Å². The van der Waals surface area contributed by atoms with Crippen LogP contribution in [0.5, 0.6) is 0 Å². The Balaban J connectivity index is 1.57. The topological polar surface area (TPSA) is 81.2 Å².